The van der Waals surface area contributed by atoms with Crippen LogP contribution >= 0.6 is 0 Å². The Morgan fingerprint density at radius 2 is 1.88 bits per heavy atom. The van der Waals surface area contributed by atoms with E-state index in [4.69, 9.17) is 9.47 Å². The van der Waals surface area contributed by atoms with Crippen LogP contribution in [-0.2, 0) is 25.5 Å². The van der Waals surface area contributed by atoms with Crippen LogP contribution in [0.2, 0.25) is 0 Å². The number of aromatic nitrogens is 1. The first-order valence-corrected chi connectivity index (χ1v) is 11.6. The highest BCUT2D eigenvalue weighted by atomic mass is 16.6. The zero-order valence-electron chi connectivity index (χ0n) is 19.1. The monoisotopic (exact) mass is 453 g/mol. The van der Waals surface area contributed by atoms with Gasteiger partial charge in [-0.15, -0.1) is 0 Å². The van der Waals surface area contributed by atoms with E-state index < -0.39 is 5.97 Å². The van der Waals surface area contributed by atoms with Gasteiger partial charge >= 0.3 is 12.4 Å². The maximum Gasteiger partial charge on any atom is 0.345 e. The molecule has 176 valence electrons. The largest absolute Gasteiger partial charge is 0.392 e. The third kappa shape index (κ3) is 5.96. The highest BCUT2D eigenvalue weighted by Crippen LogP contribution is 2.30. The highest BCUT2D eigenvalue weighted by molar-refractivity contribution is 5.95. The first kappa shape index (κ1) is 23.4. The first-order valence-electron chi connectivity index (χ1n) is 11.6. The molecule has 0 amide bonds. The fraction of sp³-hybridized carbons (Fsp3) is 0.480. The minimum Gasteiger partial charge on any atom is -0.392 e. The number of pyridine rings is 1. The molecule has 2 saturated heterocycles. The average Bonchev–Trinajstić information content (AvgIpc) is 2.86. The average molecular weight is 454 g/mol. The van der Waals surface area contributed by atoms with Gasteiger partial charge in [0.05, 0.1) is 24.5 Å². The fourth-order valence-corrected chi connectivity index (χ4v) is 4.50. The molecule has 8 nitrogen and oxygen atoms in total. The van der Waals surface area contributed by atoms with Gasteiger partial charge in [-0.05, 0) is 49.6 Å². The van der Waals surface area contributed by atoms with Crippen LogP contribution in [0, 0.1) is 0 Å². The number of carbonyl (C=O) groups excluding carboxylic acids is 2. The molecule has 0 N–H and O–H groups in total. The molecule has 0 saturated carbocycles. The molecule has 2 aliphatic heterocycles. The Balaban J connectivity index is 1.61. The van der Waals surface area contributed by atoms with Crippen molar-refractivity contribution in [1.29, 1.82) is 0 Å². The molecule has 1 aromatic carbocycles. The third-order valence-corrected chi connectivity index (χ3v) is 6.26. The lowest BCUT2D eigenvalue weighted by Gasteiger charge is -2.35. The summed E-state index contributed by atoms with van der Waals surface area (Å²) in [6, 6.07) is 10.0. The number of esters is 1. The summed E-state index contributed by atoms with van der Waals surface area (Å²) in [4.78, 5) is 32.5. The molecule has 2 fully saturated rings. The van der Waals surface area contributed by atoms with E-state index in [1.165, 1.54) is 0 Å². The van der Waals surface area contributed by atoms with Crippen LogP contribution in [0.3, 0.4) is 0 Å². The van der Waals surface area contributed by atoms with Gasteiger partial charge < -0.3 is 19.1 Å². The van der Waals surface area contributed by atoms with Gasteiger partial charge in [-0.3, -0.25) is 14.7 Å². The van der Waals surface area contributed by atoms with Gasteiger partial charge in [-0.2, -0.15) is 0 Å². The normalized spacial score (nSPS) is 17.5. The summed E-state index contributed by atoms with van der Waals surface area (Å²) in [6.45, 7) is 8.66. The molecule has 3 heterocycles. The van der Waals surface area contributed by atoms with Crippen LogP contribution in [0.4, 0.5) is 5.69 Å². The Morgan fingerprint density at radius 1 is 1.12 bits per heavy atom. The molecule has 0 atom stereocenters. The molecule has 0 unspecified atom stereocenters. The van der Waals surface area contributed by atoms with Crippen molar-refractivity contribution >= 4 is 18.1 Å². The van der Waals surface area contributed by atoms with Crippen molar-refractivity contribution in [2.75, 3.05) is 51.0 Å². The van der Waals surface area contributed by atoms with Crippen molar-refractivity contribution in [1.82, 2.24) is 9.88 Å². The van der Waals surface area contributed by atoms with Crippen LogP contribution in [0.25, 0.3) is 11.1 Å². The molecule has 4 rings (SSSR count). The summed E-state index contributed by atoms with van der Waals surface area (Å²) in [5.41, 5.74) is 4.04. The Hall–Kier alpha value is -2.81. The number of rotatable bonds is 8. The number of carbonyl (C=O) groups is 2. The van der Waals surface area contributed by atoms with Gasteiger partial charge in [0.1, 0.15) is 0 Å². The van der Waals surface area contributed by atoms with Crippen molar-refractivity contribution < 1.29 is 23.8 Å². The molecule has 0 bridgehead atoms. The SMILES string of the molecule is CCN(c1cc(C(=O)OC=O)cc(-c2ccc(CN3CCOCC3)nc2)c1)C1CCOCC1. The van der Waals surface area contributed by atoms with Crippen LogP contribution < -0.4 is 4.90 Å². The molecule has 2 aromatic rings. The van der Waals surface area contributed by atoms with Crippen LogP contribution in [0.1, 0.15) is 35.8 Å². The van der Waals surface area contributed by atoms with E-state index in [-0.39, 0.29) is 6.47 Å². The second kappa shape index (κ2) is 11.4. The second-order valence-electron chi connectivity index (χ2n) is 8.33. The van der Waals surface area contributed by atoms with E-state index in [9.17, 15) is 9.59 Å². The van der Waals surface area contributed by atoms with Crippen molar-refractivity contribution in [3.8, 4) is 11.1 Å². The van der Waals surface area contributed by atoms with E-state index in [1.807, 2.05) is 18.3 Å². The van der Waals surface area contributed by atoms with E-state index in [1.54, 1.807) is 12.1 Å². The fourth-order valence-electron chi connectivity index (χ4n) is 4.50. The highest BCUT2D eigenvalue weighted by Gasteiger charge is 2.23. The standard InChI is InChI=1S/C25H31N3O5/c1-2-28(23-5-9-31-10-6-23)24-14-20(13-21(15-24)25(30)33-18-29)19-3-4-22(26-16-19)17-27-7-11-32-12-8-27/h3-4,13-16,18,23H,2,5-12,17H2,1H3. The second-order valence-corrected chi connectivity index (χ2v) is 8.33. The van der Waals surface area contributed by atoms with E-state index in [0.717, 1.165) is 88.0 Å². The van der Waals surface area contributed by atoms with Crippen LogP contribution in [-0.4, -0.2) is 74.4 Å². The topological polar surface area (TPSA) is 81.2 Å². The molecule has 33 heavy (non-hydrogen) atoms. The third-order valence-electron chi connectivity index (χ3n) is 6.26. The van der Waals surface area contributed by atoms with Crippen LogP contribution in [0.15, 0.2) is 36.5 Å². The molecular formula is C25H31N3O5. The zero-order chi connectivity index (χ0) is 23.0. The maximum atomic E-state index is 12.4. The molecular weight excluding hydrogens is 422 g/mol. The summed E-state index contributed by atoms with van der Waals surface area (Å²) in [7, 11) is 0. The van der Waals surface area contributed by atoms with Gasteiger partial charge in [0.15, 0.2) is 0 Å². The Labute approximate surface area is 194 Å². The van der Waals surface area contributed by atoms with Crippen molar-refractivity contribution in [3.63, 3.8) is 0 Å². The Kier molecular flexibility index (Phi) is 8.04. The predicted octanol–water partition coefficient (Wildman–Crippen LogP) is 2.90. The lowest BCUT2D eigenvalue weighted by molar-refractivity contribution is -0.123. The molecule has 0 aliphatic carbocycles. The number of anilines is 1. The Morgan fingerprint density at radius 3 is 2.55 bits per heavy atom. The smallest absolute Gasteiger partial charge is 0.345 e. The lowest BCUT2D eigenvalue weighted by Crippen LogP contribution is -2.39. The van der Waals surface area contributed by atoms with Crippen molar-refractivity contribution in [2.45, 2.75) is 32.4 Å². The van der Waals surface area contributed by atoms with Gasteiger partial charge in [0.2, 0.25) is 0 Å². The van der Waals surface area contributed by atoms with Crippen LogP contribution in [0.5, 0.6) is 0 Å². The van der Waals surface area contributed by atoms with Gasteiger partial charge in [-0.1, -0.05) is 6.07 Å². The minimum atomic E-state index is -0.659. The summed E-state index contributed by atoms with van der Waals surface area (Å²) >= 11 is 0. The summed E-state index contributed by atoms with van der Waals surface area (Å²) in [5, 5.41) is 0. The number of benzene rings is 1. The van der Waals surface area contributed by atoms with Gasteiger partial charge in [-0.25, -0.2) is 4.79 Å². The minimum absolute atomic E-state index is 0.173. The van der Waals surface area contributed by atoms with E-state index in [2.05, 4.69) is 32.5 Å². The van der Waals surface area contributed by atoms with E-state index >= 15 is 0 Å². The van der Waals surface area contributed by atoms with Crippen molar-refractivity contribution in [3.05, 3.63) is 47.8 Å². The molecule has 0 spiro atoms. The number of morpholine rings is 1. The maximum absolute atomic E-state index is 12.4. The van der Waals surface area contributed by atoms with Crippen molar-refractivity contribution in [2.24, 2.45) is 0 Å². The number of ether oxygens (including phenoxy) is 3. The first-order chi connectivity index (χ1) is 16.2. The molecule has 1 aromatic heterocycles. The molecule has 0 radical (unpaired) electrons. The van der Waals surface area contributed by atoms with Gasteiger partial charge in [0, 0.05) is 62.9 Å². The number of hydrogen-bond acceptors (Lipinski definition) is 8. The summed E-state index contributed by atoms with van der Waals surface area (Å²) in [5.74, 6) is -0.659. The molecule has 2 aliphatic rings. The number of hydrogen-bond donors (Lipinski definition) is 0. The van der Waals surface area contributed by atoms with E-state index in [0.29, 0.717) is 11.6 Å². The van der Waals surface area contributed by atoms with Gasteiger partial charge in [0.25, 0.3) is 0 Å². The molecule has 8 heteroatoms. The predicted molar refractivity (Wildman–Crippen MR) is 124 cm³/mol. The summed E-state index contributed by atoms with van der Waals surface area (Å²) < 4.78 is 15.6. The summed E-state index contributed by atoms with van der Waals surface area (Å²) in [6.07, 6.45) is 3.71. The zero-order valence-corrected chi connectivity index (χ0v) is 19.1. The Bertz CT molecular complexity index is 938. The quantitative estimate of drug-likeness (QED) is 0.343. The number of nitrogens with zero attached hydrogens (tertiary/aromatic N) is 3. The lowest BCUT2D eigenvalue weighted by atomic mass is 10.0.